The van der Waals surface area contributed by atoms with Crippen LogP contribution in [0.15, 0.2) is 24.4 Å². The van der Waals surface area contributed by atoms with Gasteiger partial charge in [0.25, 0.3) is 0 Å². The molecule has 33 heavy (non-hydrogen) atoms. The van der Waals surface area contributed by atoms with E-state index in [4.69, 9.17) is 22.1 Å². The first-order valence-corrected chi connectivity index (χ1v) is 10.8. The molecular formula is C21H27FN6O4S. The number of aromatic nitrogens is 2. The standard InChI is InChI=1S/C21H27FN6O4S/c1-3-32-19(31)14-12-26-20(27-16-7-4-6-15(22)13(16)2)28-18(14)23-9-5-10-24-21(33)25-11-8-17(29)30/h4,6-7,12H,3,5,8-11H2,1-2H3,(H,29,30)(H2,24,25,33)(H2,23,26,27,28). The van der Waals surface area contributed by atoms with Crippen LogP contribution in [0, 0.1) is 12.7 Å². The summed E-state index contributed by atoms with van der Waals surface area (Å²) >= 11 is 5.08. The van der Waals surface area contributed by atoms with Crippen molar-refractivity contribution in [1.29, 1.82) is 0 Å². The average Bonchev–Trinajstić information content (AvgIpc) is 2.76. The van der Waals surface area contributed by atoms with Gasteiger partial charge < -0.3 is 31.1 Å². The molecule has 0 spiro atoms. The number of halogens is 1. The van der Waals surface area contributed by atoms with Gasteiger partial charge in [0.05, 0.1) is 13.0 Å². The fourth-order valence-corrected chi connectivity index (χ4v) is 2.85. The van der Waals surface area contributed by atoms with Gasteiger partial charge in [-0.25, -0.2) is 14.2 Å². The number of nitrogens with one attached hydrogen (secondary N) is 4. The molecule has 0 bridgehead atoms. The molecule has 2 aromatic rings. The van der Waals surface area contributed by atoms with Crippen molar-refractivity contribution in [3.63, 3.8) is 0 Å². The van der Waals surface area contributed by atoms with Gasteiger partial charge in [-0.2, -0.15) is 4.98 Å². The monoisotopic (exact) mass is 478 g/mol. The lowest BCUT2D eigenvalue weighted by Gasteiger charge is -2.14. The molecule has 0 radical (unpaired) electrons. The number of carboxylic acids is 1. The minimum absolute atomic E-state index is 0.0285. The molecule has 5 N–H and O–H groups in total. The number of hydrogen-bond donors (Lipinski definition) is 5. The largest absolute Gasteiger partial charge is 0.481 e. The topological polar surface area (TPSA) is 138 Å². The first-order chi connectivity index (χ1) is 15.8. The van der Waals surface area contributed by atoms with E-state index in [0.717, 1.165) is 0 Å². The second kappa shape index (κ2) is 13.1. The molecule has 0 saturated heterocycles. The lowest BCUT2D eigenvalue weighted by atomic mass is 10.2. The van der Waals surface area contributed by atoms with Crippen LogP contribution in [0.4, 0.5) is 21.8 Å². The number of ether oxygens (including phenoxy) is 1. The maximum atomic E-state index is 13.8. The lowest BCUT2D eigenvalue weighted by Crippen LogP contribution is -2.37. The van der Waals surface area contributed by atoms with Crippen molar-refractivity contribution in [2.24, 2.45) is 0 Å². The Morgan fingerprint density at radius 1 is 1.21 bits per heavy atom. The highest BCUT2D eigenvalue weighted by molar-refractivity contribution is 7.80. The normalized spacial score (nSPS) is 10.3. The van der Waals surface area contributed by atoms with Crippen LogP contribution in [0.1, 0.15) is 35.7 Å². The SMILES string of the molecule is CCOC(=O)c1cnc(Nc2cccc(F)c2C)nc1NCCCNC(=S)NCCC(=O)O. The highest BCUT2D eigenvalue weighted by Crippen LogP contribution is 2.22. The van der Waals surface area contributed by atoms with Crippen molar-refractivity contribution in [2.75, 3.05) is 36.9 Å². The van der Waals surface area contributed by atoms with Crippen LogP contribution in [0.25, 0.3) is 0 Å². The first kappa shape index (κ1) is 25.7. The number of rotatable bonds is 12. The van der Waals surface area contributed by atoms with Crippen LogP contribution in [0.2, 0.25) is 0 Å². The molecule has 12 heteroatoms. The number of carboxylic acid groups (broad SMARTS) is 1. The fourth-order valence-electron chi connectivity index (χ4n) is 2.64. The molecule has 1 heterocycles. The van der Waals surface area contributed by atoms with Crippen molar-refractivity contribution >= 4 is 46.7 Å². The highest BCUT2D eigenvalue weighted by Gasteiger charge is 2.16. The van der Waals surface area contributed by atoms with Crippen LogP contribution in [-0.4, -0.2) is 58.4 Å². The van der Waals surface area contributed by atoms with Crippen LogP contribution in [-0.2, 0) is 9.53 Å². The van der Waals surface area contributed by atoms with E-state index in [2.05, 4.69) is 31.2 Å². The molecule has 0 saturated carbocycles. The predicted octanol–water partition coefficient (Wildman–Crippen LogP) is 2.59. The zero-order valence-corrected chi connectivity index (χ0v) is 19.2. The Hall–Kier alpha value is -3.54. The zero-order valence-electron chi connectivity index (χ0n) is 18.4. The minimum atomic E-state index is -0.904. The number of carbonyl (C=O) groups is 2. The zero-order chi connectivity index (χ0) is 24.2. The summed E-state index contributed by atoms with van der Waals surface area (Å²) in [6, 6.07) is 4.64. The van der Waals surface area contributed by atoms with E-state index in [9.17, 15) is 14.0 Å². The summed E-state index contributed by atoms with van der Waals surface area (Å²) in [5.41, 5.74) is 1.11. The number of nitrogens with zero attached hydrogens (tertiary/aromatic N) is 2. The van der Waals surface area contributed by atoms with Gasteiger partial charge in [0.15, 0.2) is 5.11 Å². The lowest BCUT2D eigenvalue weighted by molar-refractivity contribution is -0.136. The summed E-state index contributed by atoms with van der Waals surface area (Å²) in [4.78, 5) is 31.3. The molecule has 0 aliphatic heterocycles. The molecule has 1 aromatic carbocycles. The van der Waals surface area contributed by atoms with Crippen molar-refractivity contribution in [3.8, 4) is 0 Å². The van der Waals surface area contributed by atoms with E-state index in [1.807, 2.05) is 0 Å². The Kier molecular flexibility index (Phi) is 10.2. The number of aliphatic carboxylic acids is 1. The summed E-state index contributed by atoms with van der Waals surface area (Å²) < 4.78 is 18.9. The molecule has 0 amide bonds. The highest BCUT2D eigenvalue weighted by atomic mass is 32.1. The smallest absolute Gasteiger partial charge is 0.343 e. The molecule has 10 nitrogen and oxygen atoms in total. The fraction of sp³-hybridized carbons (Fsp3) is 0.381. The van der Waals surface area contributed by atoms with Gasteiger partial charge in [-0.05, 0) is 44.6 Å². The van der Waals surface area contributed by atoms with E-state index in [0.29, 0.717) is 35.9 Å². The molecule has 0 aliphatic rings. The van der Waals surface area contributed by atoms with E-state index in [1.165, 1.54) is 12.3 Å². The third-order valence-electron chi connectivity index (χ3n) is 4.35. The van der Waals surface area contributed by atoms with E-state index >= 15 is 0 Å². The Balaban J connectivity index is 1.98. The Morgan fingerprint density at radius 3 is 2.70 bits per heavy atom. The van der Waals surface area contributed by atoms with Gasteiger partial charge in [-0.1, -0.05) is 6.07 Å². The Morgan fingerprint density at radius 2 is 1.97 bits per heavy atom. The number of thiocarbonyl (C=S) groups is 1. The van der Waals surface area contributed by atoms with Gasteiger partial charge >= 0.3 is 11.9 Å². The van der Waals surface area contributed by atoms with E-state index in [-0.39, 0.29) is 42.7 Å². The third kappa shape index (κ3) is 8.48. The van der Waals surface area contributed by atoms with Crippen molar-refractivity contribution in [1.82, 2.24) is 20.6 Å². The number of hydrogen-bond acceptors (Lipinski definition) is 8. The summed E-state index contributed by atoms with van der Waals surface area (Å²) in [6.45, 7) is 4.75. The van der Waals surface area contributed by atoms with Gasteiger partial charge in [0.2, 0.25) is 5.95 Å². The van der Waals surface area contributed by atoms with E-state index in [1.54, 1.807) is 26.0 Å². The summed E-state index contributed by atoms with van der Waals surface area (Å²) in [7, 11) is 0. The predicted molar refractivity (Wildman–Crippen MR) is 126 cm³/mol. The maximum Gasteiger partial charge on any atom is 0.343 e. The maximum absolute atomic E-state index is 13.8. The summed E-state index contributed by atoms with van der Waals surface area (Å²) in [5.74, 6) is -1.35. The quantitative estimate of drug-likeness (QED) is 0.175. The molecule has 1 aromatic heterocycles. The molecule has 178 valence electrons. The Labute approximate surface area is 196 Å². The number of esters is 1. The number of anilines is 3. The molecule has 0 unspecified atom stereocenters. The van der Waals surface area contributed by atoms with Gasteiger partial charge in [0.1, 0.15) is 17.2 Å². The van der Waals surface area contributed by atoms with Crippen molar-refractivity contribution in [3.05, 3.63) is 41.3 Å². The van der Waals surface area contributed by atoms with Crippen molar-refractivity contribution < 1.29 is 23.8 Å². The molecule has 0 fully saturated rings. The second-order valence-corrected chi connectivity index (χ2v) is 7.23. The van der Waals surface area contributed by atoms with Gasteiger partial charge in [0, 0.05) is 37.1 Å². The molecule has 2 rings (SSSR count). The average molecular weight is 479 g/mol. The van der Waals surface area contributed by atoms with Crippen LogP contribution < -0.4 is 21.3 Å². The third-order valence-corrected chi connectivity index (χ3v) is 4.64. The summed E-state index contributed by atoms with van der Waals surface area (Å²) in [5, 5.41) is 20.8. The molecular weight excluding hydrogens is 451 g/mol. The molecule has 0 aliphatic carbocycles. The summed E-state index contributed by atoms with van der Waals surface area (Å²) in [6.07, 6.45) is 1.95. The van der Waals surface area contributed by atoms with Crippen LogP contribution >= 0.6 is 12.2 Å². The molecule has 0 atom stereocenters. The minimum Gasteiger partial charge on any atom is -0.481 e. The number of carbonyl (C=O) groups excluding carboxylic acids is 1. The second-order valence-electron chi connectivity index (χ2n) is 6.82. The van der Waals surface area contributed by atoms with Crippen molar-refractivity contribution in [2.45, 2.75) is 26.7 Å². The van der Waals surface area contributed by atoms with Gasteiger partial charge in [-0.3, -0.25) is 4.79 Å². The van der Waals surface area contributed by atoms with Gasteiger partial charge in [-0.15, -0.1) is 0 Å². The van der Waals surface area contributed by atoms with Crippen LogP contribution in [0.3, 0.4) is 0 Å². The first-order valence-electron chi connectivity index (χ1n) is 10.4. The number of benzene rings is 1. The van der Waals surface area contributed by atoms with E-state index < -0.39 is 11.9 Å². The van der Waals surface area contributed by atoms with Crippen LogP contribution in [0.5, 0.6) is 0 Å². The Bertz CT molecular complexity index is 991.